The van der Waals surface area contributed by atoms with Crippen molar-refractivity contribution in [2.75, 3.05) is 18.0 Å². The fraction of sp³-hybridized carbons (Fsp3) is 0.562. The van der Waals surface area contributed by atoms with Crippen LogP contribution in [0.1, 0.15) is 45.1 Å². The molecule has 2 rings (SSSR count). The molecule has 1 aliphatic heterocycles. The Morgan fingerprint density at radius 1 is 1.26 bits per heavy atom. The Balaban J connectivity index is 2.16. The summed E-state index contributed by atoms with van der Waals surface area (Å²) in [5.41, 5.74) is 1.32. The Kier molecular flexibility index (Phi) is 4.09. The Hall–Kier alpha value is -1.56. The van der Waals surface area contributed by atoms with Crippen LogP contribution in [0.2, 0.25) is 0 Å². The molecule has 1 heterocycles. The van der Waals surface area contributed by atoms with E-state index in [-0.39, 0.29) is 5.56 Å². The van der Waals surface area contributed by atoms with E-state index >= 15 is 0 Å². The Bertz CT molecular complexity index is 476. The summed E-state index contributed by atoms with van der Waals surface area (Å²) in [6, 6.07) is 6.88. The molecule has 0 atom stereocenters. The molecule has 0 spiro atoms. The van der Waals surface area contributed by atoms with Crippen molar-refractivity contribution in [1.82, 2.24) is 0 Å². The van der Waals surface area contributed by atoms with Gasteiger partial charge in [-0.05, 0) is 25.0 Å². The summed E-state index contributed by atoms with van der Waals surface area (Å²) in [5.74, 6) is -0.413. The minimum absolute atomic E-state index is 0.184. The van der Waals surface area contributed by atoms with Gasteiger partial charge < -0.3 is 4.90 Å². The first-order valence-electron chi connectivity index (χ1n) is 7.09. The first-order valence-corrected chi connectivity index (χ1v) is 7.09. The van der Waals surface area contributed by atoms with E-state index in [9.17, 15) is 4.39 Å². The largest absolute Gasteiger partial charge is 0.369 e. The highest BCUT2D eigenvalue weighted by atomic mass is 19.1. The molecular formula is C16H21FN2. The summed E-state index contributed by atoms with van der Waals surface area (Å²) < 4.78 is 13.6. The van der Waals surface area contributed by atoms with Crippen LogP contribution in [-0.4, -0.2) is 13.1 Å². The quantitative estimate of drug-likeness (QED) is 0.796. The molecule has 3 heteroatoms. The number of hydrogen-bond donors (Lipinski definition) is 0. The van der Waals surface area contributed by atoms with Crippen molar-refractivity contribution >= 4 is 5.69 Å². The van der Waals surface area contributed by atoms with Gasteiger partial charge in [0.25, 0.3) is 0 Å². The van der Waals surface area contributed by atoms with Gasteiger partial charge in [0.05, 0.1) is 5.69 Å². The lowest BCUT2D eigenvalue weighted by Gasteiger charge is -2.52. The second kappa shape index (κ2) is 5.61. The summed E-state index contributed by atoms with van der Waals surface area (Å²) in [7, 11) is 0. The molecule has 1 aliphatic rings. The Labute approximate surface area is 114 Å². The highest BCUT2D eigenvalue weighted by Crippen LogP contribution is 2.42. The average molecular weight is 260 g/mol. The molecule has 0 aromatic heterocycles. The summed E-state index contributed by atoms with van der Waals surface area (Å²) in [6.07, 6.45) is 4.80. The van der Waals surface area contributed by atoms with E-state index in [4.69, 9.17) is 5.26 Å². The standard InChI is InChI=1S/C16H21FN2/c1-3-8-16(9-4-2)11-19(12-16)15-7-5-6-14(17)13(15)10-18/h5-7H,3-4,8-9,11-12H2,1-2H3. The second-order valence-electron chi connectivity index (χ2n) is 5.60. The van der Waals surface area contributed by atoms with Crippen molar-refractivity contribution in [2.24, 2.45) is 5.41 Å². The fourth-order valence-electron chi connectivity index (χ4n) is 3.32. The molecule has 19 heavy (non-hydrogen) atoms. The van der Waals surface area contributed by atoms with Crippen LogP contribution in [0.15, 0.2) is 18.2 Å². The van der Waals surface area contributed by atoms with Crippen molar-refractivity contribution < 1.29 is 4.39 Å². The molecule has 0 saturated carbocycles. The van der Waals surface area contributed by atoms with Gasteiger partial charge in [0.2, 0.25) is 0 Å². The summed E-state index contributed by atoms with van der Waals surface area (Å²) in [4.78, 5) is 2.15. The van der Waals surface area contributed by atoms with Crippen LogP contribution >= 0.6 is 0 Å². The topological polar surface area (TPSA) is 27.0 Å². The minimum atomic E-state index is -0.413. The molecule has 0 bridgehead atoms. The third-order valence-corrected chi connectivity index (χ3v) is 4.06. The average Bonchev–Trinajstić information content (AvgIpc) is 2.35. The van der Waals surface area contributed by atoms with Crippen LogP contribution in [0.4, 0.5) is 10.1 Å². The van der Waals surface area contributed by atoms with Crippen LogP contribution in [-0.2, 0) is 0 Å². The molecule has 0 N–H and O–H groups in total. The van der Waals surface area contributed by atoms with Gasteiger partial charge >= 0.3 is 0 Å². The molecule has 2 nitrogen and oxygen atoms in total. The van der Waals surface area contributed by atoms with Gasteiger partial charge in [-0.3, -0.25) is 0 Å². The molecule has 0 aliphatic carbocycles. The van der Waals surface area contributed by atoms with E-state index in [1.54, 1.807) is 6.07 Å². The lowest BCUT2D eigenvalue weighted by Crippen LogP contribution is -2.56. The summed E-state index contributed by atoms with van der Waals surface area (Å²) >= 11 is 0. The minimum Gasteiger partial charge on any atom is -0.369 e. The molecule has 1 fully saturated rings. The van der Waals surface area contributed by atoms with Crippen molar-refractivity contribution in [3.05, 3.63) is 29.6 Å². The van der Waals surface area contributed by atoms with Crippen LogP contribution < -0.4 is 4.90 Å². The lowest BCUT2D eigenvalue weighted by molar-refractivity contribution is 0.173. The van der Waals surface area contributed by atoms with Gasteiger partial charge in [-0.2, -0.15) is 5.26 Å². The van der Waals surface area contributed by atoms with Crippen molar-refractivity contribution in [1.29, 1.82) is 5.26 Å². The highest BCUT2D eigenvalue weighted by Gasteiger charge is 2.42. The number of nitrogens with zero attached hydrogens (tertiary/aromatic N) is 2. The Morgan fingerprint density at radius 3 is 2.42 bits per heavy atom. The number of halogens is 1. The second-order valence-corrected chi connectivity index (χ2v) is 5.60. The number of benzene rings is 1. The first kappa shape index (κ1) is 13.9. The number of anilines is 1. The van der Waals surface area contributed by atoms with Gasteiger partial charge in [-0.25, -0.2) is 4.39 Å². The smallest absolute Gasteiger partial charge is 0.143 e. The summed E-state index contributed by atoms with van der Waals surface area (Å²) in [6.45, 7) is 6.32. The van der Waals surface area contributed by atoms with E-state index in [2.05, 4.69) is 18.7 Å². The molecule has 1 saturated heterocycles. The zero-order valence-corrected chi connectivity index (χ0v) is 11.7. The molecule has 0 unspecified atom stereocenters. The third kappa shape index (κ3) is 2.58. The van der Waals surface area contributed by atoms with Gasteiger partial charge in [0.1, 0.15) is 17.4 Å². The third-order valence-electron chi connectivity index (χ3n) is 4.06. The van der Waals surface area contributed by atoms with E-state index < -0.39 is 5.82 Å². The molecular weight excluding hydrogens is 239 g/mol. The van der Waals surface area contributed by atoms with Crippen molar-refractivity contribution in [2.45, 2.75) is 39.5 Å². The first-order chi connectivity index (χ1) is 9.15. The molecule has 0 radical (unpaired) electrons. The Morgan fingerprint density at radius 2 is 1.89 bits per heavy atom. The number of hydrogen-bond acceptors (Lipinski definition) is 2. The van der Waals surface area contributed by atoms with E-state index in [1.165, 1.54) is 31.7 Å². The van der Waals surface area contributed by atoms with Crippen molar-refractivity contribution in [3.8, 4) is 6.07 Å². The van der Waals surface area contributed by atoms with E-state index in [1.807, 2.05) is 12.1 Å². The van der Waals surface area contributed by atoms with Gasteiger partial charge in [0.15, 0.2) is 0 Å². The maximum atomic E-state index is 13.6. The SMILES string of the molecule is CCCC1(CCC)CN(c2cccc(F)c2C#N)C1. The number of rotatable bonds is 5. The van der Waals surface area contributed by atoms with Crippen LogP contribution in [0, 0.1) is 22.6 Å². The van der Waals surface area contributed by atoms with Crippen molar-refractivity contribution in [3.63, 3.8) is 0 Å². The number of nitriles is 1. The normalized spacial score (nSPS) is 16.8. The lowest BCUT2D eigenvalue weighted by atomic mass is 9.72. The van der Waals surface area contributed by atoms with Gasteiger partial charge in [-0.1, -0.05) is 32.8 Å². The summed E-state index contributed by atoms with van der Waals surface area (Å²) in [5, 5.41) is 9.09. The van der Waals surface area contributed by atoms with E-state index in [0.29, 0.717) is 5.41 Å². The molecule has 0 amide bonds. The fourth-order valence-corrected chi connectivity index (χ4v) is 3.32. The monoisotopic (exact) mass is 260 g/mol. The predicted octanol–water partition coefficient (Wildman–Crippen LogP) is 4.10. The van der Waals surface area contributed by atoms with Crippen LogP contribution in [0.3, 0.4) is 0 Å². The highest BCUT2D eigenvalue weighted by molar-refractivity contribution is 5.61. The van der Waals surface area contributed by atoms with Crippen LogP contribution in [0.25, 0.3) is 0 Å². The van der Waals surface area contributed by atoms with Gasteiger partial charge in [-0.15, -0.1) is 0 Å². The maximum absolute atomic E-state index is 13.6. The molecule has 1 aromatic rings. The van der Waals surface area contributed by atoms with Crippen LogP contribution in [0.5, 0.6) is 0 Å². The molecule has 102 valence electrons. The van der Waals surface area contributed by atoms with E-state index in [0.717, 1.165) is 18.8 Å². The molecule has 1 aromatic carbocycles. The predicted molar refractivity (Wildman–Crippen MR) is 75.6 cm³/mol. The zero-order valence-electron chi connectivity index (χ0n) is 11.7. The maximum Gasteiger partial charge on any atom is 0.143 e. The zero-order chi connectivity index (χ0) is 13.9. The van der Waals surface area contributed by atoms with Gasteiger partial charge in [0, 0.05) is 18.5 Å².